The van der Waals surface area contributed by atoms with Crippen LogP contribution in [0.5, 0.6) is 0 Å². The summed E-state index contributed by atoms with van der Waals surface area (Å²) in [5.74, 6) is -1.30. The number of benzene rings is 1. The van der Waals surface area contributed by atoms with Gasteiger partial charge in [0, 0.05) is 19.2 Å². The molecule has 0 aliphatic rings. The number of carbonyl (C=O) groups is 1. The molecule has 7 heteroatoms. The molecule has 21 heavy (non-hydrogen) atoms. The molecular formula is C14H21FN2O3S. The second kappa shape index (κ2) is 5.73. The van der Waals surface area contributed by atoms with E-state index in [0.29, 0.717) is 6.54 Å². The van der Waals surface area contributed by atoms with Gasteiger partial charge in [-0.2, -0.15) is 0 Å². The van der Waals surface area contributed by atoms with Crippen LogP contribution < -0.4 is 5.14 Å². The second-order valence-corrected chi connectivity index (χ2v) is 7.90. The average molecular weight is 316 g/mol. The van der Waals surface area contributed by atoms with Gasteiger partial charge in [0.2, 0.25) is 10.0 Å². The van der Waals surface area contributed by atoms with Crippen molar-refractivity contribution in [2.45, 2.75) is 32.6 Å². The molecule has 0 bridgehead atoms. The average Bonchev–Trinajstić information content (AvgIpc) is 2.27. The molecule has 2 N–H and O–H groups in total. The van der Waals surface area contributed by atoms with E-state index in [-0.39, 0.29) is 22.4 Å². The standard InChI is InChI=1S/C14H21FN2O3S/c1-9-6-10(7-11(12(9)15)21(16,19)20)13(18)17(5)8-14(2,3)4/h6-7H,8H2,1-5H3,(H2,16,19,20). The number of aryl methyl sites for hydroxylation is 1. The highest BCUT2D eigenvalue weighted by Crippen LogP contribution is 2.21. The Morgan fingerprint density at radius 3 is 2.29 bits per heavy atom. The number of carbonyl (C=O) groups excluding carboxylic acids is 1. The predicted molar refractivity (Wildman–Crippen MR) is 78.9 cm³/mol. The van der Waals surface area contributed by atoms with Crippen LogP contribution in [0, 0.1) is 18.2 Å². The second-order valence-electron chi connectivity index (χ2n) is 6.37. The molecule has 0 unspecified atom stereocenters. The van der Waals surface area contributed by atoms with Crippen molar-refractivity contribution in [2.75, 3.05) is 13.6 Å². The van der Waals surface area contributed by atoms with Gasteiger partial charge in [-0.25, -0.2) is 17.9 Å². The fourth-order valence-electron chi connectivity index (χ4n) is 2.07. The van der Waals surface area contributed by atoms with Crippen LogP contribution in [0.2, 0.25) is 0 Å². The highest BCUT2D eigenvalue weighted by atomic mass is 32.2. The van der Waals surface area contributed by atoms with Crippen molar-refractivity contribution in [1.29, 1.82) is 0 Å². The molecule has 1 amide bonds. The van der Waals surface area contributed by atoms with Crippen LogP contribution in [0.3, 0.4) is 0 Å². The van der Waals surface area contributed by atoms with Gasteiger partial charge in [-0.05, 0) is 30.0 Å². The summed E-state index contributed by atoms with van der Waals surface area (Å²) in [5.41, 5.74) is 0.0566. The third kappa shape index (κ3) is 4.50. The number of rotatable bonds is 3. The molecule has 0 saturated heterocycles. The van der Waals surface area contributed by atoms with Crippen LogP contribution in [-0.2, 0) is 10.0 Å². The van der Waals surface area contributed by atoms with E-state index in [2.05, 4.69) is 0 Å². The summed E-state index contributed by atoms with van der Waals surface area (Å²) in [4.78, 5) is 13.1. The normalized spacial score (nSPS) is 12.3. The smallest absolute Gasteiger partial charge is 0.253 e. The maximum Gasteiger partial charge on any atom is 0.253 e. The minimum atomic E-state index is -4.22. The molecule has 0 aliphatic carbocycles. The maximum absolute atomic E-state index is 13.8. The summed E-state index contributed by atoms with van der Waals surface area (Å²) >= 11 is 0. The van der Waals surface area contributed by atoms with E-state index in [0.717, 1.165) is 6.07 Å². The molecule has 1 aromatic carbocycles. The summed E-state index contributed by atoms with van der Waals surface area (Å²) in [6.07, 6.45) is 0. The fourth-order valence-corrected chi connectivity index (χ4v) is 2.77. The first-order chi connectivity index (χ1) is 9.33. The number of hydrogen-bond donors (Lipinski definition) is 1. The Bertz CT molecular complexity index is 664. The molecule has 0 aromatic heterocycles. The highest BCUT2D eigenvalue weighted by Gasteiger charge is 2.23. The maximum atomic E-state index is 13.8. The Balaban J connectivity index is 3.27. The van der Waals surface area contributed by atoms with Crippen LogP contribution in [0.25, 0.3) is 0 Å². The van der Waals surface area contributed by atoms with Gasteiger partial charge in [-0.15, -0.1) is 0 Å². The zero-order valence-electron chi connectivity index (χ0n) is 12.9. The molecule has 0 aliphatic heterocycles. The summed E-state index contributed by atoms with van der Waals surface area (Å²) < 4.78 is 36.6. The molecule has 0 spiro atoms. The summed E-state index contributed by atoms with van der Waals surface area (Å²) in [6, 6.07) is 2.31. The van der Waals surface area contributed by atoms with Crippen LogP contribution >= 0.6 is 0 Å². The van der Waals surface area contributed by atoms with Crippen LogP contribution in [-0.4, -0.2) is 32.8 Å². The van der Waals surface area contributed by atoms with Gasteiger partial charge in [0.15, 0.2) is 0 Å². The van der Waals surface area contributed by atoms with E-state index < -0.39 is 20.7 Å². The Labute approximate surface area is 125 Å². The van der Waals surface area contributed by atoms with Gasteiger partial charge >= 0.3 is 0 Å². The minimum Gasteiger partial charge on any atom is -0.341 e. The Hall–Kier alpha value is -1.47. The van der Waals surface area contributed by atoms with Crippen molar-refractivity contribution >= 4 is 15.9 Å². The third-order valence-corrected chi connectivity index (χ3v) is 3.74. The predicted octanol–water partition coefficient (Wildman–Crippen LogP) is 1.90. The Morgan fingerprint density at radius 2 is 1.86 bits per heavy atom. The number of sulfonamides is 1. The van der Waals surface area contributed by atoms with Gasteiger partial charge in [0.05, 0.1) is 0 Å². The fraction of sp³-hybridized carbons (Fsp3) is 0.500. The summed E-state index contributed by atoms with van der Waals surface area (Å²) in [7, 11) is -2.60. The summed E-state index contributed by atoms with van der Waals surface area (Å²) in [5, 5.41) is 4.98. The number of nitrogens with two attached hydrogens (primary N) is 1. The molecule has 118 valence electrons. The van der Waals surface area contributed by atoms with Gasteiger partial charge in [0.1, 0.15) is 10.7 Å². The van der Waals surface area contributed by atoms with E-state index in [4.69, 9.17) is 5.14 Å². The molecule has 0 heterocycles. The SMILES string of the molecule is Cc1cc(C(=O)N(C)CC(C)(C)C)cc(S(N)(=O)=O)c1F. The quantitative estimate of drug-likeness (QED) is 0.925. The number of halogens is 1. The Morgan fingerprint density at radius 1 is 1.33 bits per heavy atom. The van der Waals surface area contributed by atoms with Gasteiger partial charge in [0.25, 0.3) is 5.91 Å². The first kappa shape index (κ1) is 17.6. The lowest BCUT2D eigenvalue weighted by molar-refractivity contribution is 0.0745. The first-order valence-corrected chi connectivity index (χ1v) is 7.96. The van der Waals surface area contributed by atoms with Gasteiger partial charge in [-0.1, -0.05) is 20.8 Å². The number of amides is 1. The molecule has 0 saturated carbocycles. The lowest BCUT2D eigenvalue weighted by Crippen LogP contribution is -2.34. The molecule has 5 nitrogen and oxygen atoms in total. The van der Waals surface area contributed by atoms with Crippen molar-refractivity contribution in [3.8, 4) is 0 Å². The van der Waals surface area contributed by atoms with E-state index in [1.807, 2.05) is 20.8 Å². The van der Waals surface area contributed by atoms with E-state index in [1.165, 1.54) is 17.9 Å². The molecule has 0 fully saturated rings. The van der Waals surface area contributed by atoms with Crippen molar-refractivity contribution in [3.05, 3.63) is 29.1 Å². The van der Waals surface area contributed by atoms with E-state index >= 15 is 0 Å². The monoisotopic (exact) mass is 316 g/mol. The van der Waals surface area contributed by atoms with E-state index in [1.54, 1.807) is 7.05 Å². The highest BCUT2D eigenvalue weighted by molar-refractivity contribution is 7.89. The molecule has 1 rings (SSSR count). The number of primary sulfonamides is 1. The van der Waals surface area contributed by atoms with Crippen molar-refractivity contribution in [3.63, 3.8) is 0 Å². The zero-order valence-corrected chi connectivity index (χ0v) is 13.7. The largest absolute Gasteiger partial charge is 0.341 e. The molecule has 0 radical (unpaired) electrons. The van der Waals surface area contributed by atoms with Crippen molar-refractivity contribution in [1.82, 2.24) is 4.90 Å². The topological polar surface area (TPSA) is 80.5 Å². The molecule has 0 atom stereocenters. The van der Waals surface area contributed by atoms with Crippen molar-refractivity contribution in [2.24, 2.45) is 10.6 Å². The molecule has 1 aromatic rings. The molecular weight excluding hydrogens is 295 g/mol. The van der Waals surface area contributed by atoms with Gasteiger partial charge < -0.3 is 4.90 Å². The summed E-state index contributed by atoms with van der Waals surface area (Å²) in [6.45, 7) is 7.80. The zero-order chi connectivity index (χ0) is 16.6. The third-order valence-electron chi connectivity index (χ3n) is 2.83. The van der Waals surface area contributed by atoms with Crippen molar-refractivity contribution < 1.29 is 17.6 Å². The Kier molecular flexibility index (Phi) is 4.80. The van der Waals surface area contributed by atoms with Gasteiger partial charge in [-0.3, -0.25) is 4.79 Å². The van der Waals surface area contributed by atoms with E-state index in [9.17, 15) is 17.6 Å². The van der Waals surface area contributed by atoms with Crippen LogP contribution in [0.15, 0.2) is 17.0 Å². The number of nitrogens with zero attached hydrogens (tertiary/aromatic N) is 1. The lowest BCUT2D eigenvalue weighted by Gasteiger charge is -2.27. The first-order valence-electron chi connectivity index (χ1n) is 6.41. The van der Waals surface area contributed by atoms with Crippen LogP contribution in [0.4, 0.5) is 4.39 Å². The lowest BCUT2D eigenvalue weighted by atomic mass is 9.96. The number of hydrogen-bond acceptors (Lipinski definition) is 3. The van der Waals surface area contributed by atoms with Crippen LogP contribution in [0.1, 0.15) is 36.7 Å². The minimum absolute atomic E-state index is 0.0639.